The van der Waals surface area contributed by atoms with Gasteiger partial charge in [-0.25, -0.2) is 0 Å². The molecular weight excluding hydrogens is 541 g/mol. The highest BCUT2D eigenvalue weighted by Gasteiger charge is 2.58. The van der Waals surface area contributed by atoms with Crippen LogP contribution in [0.3, 0.4) is 0 Å². The van der Waals surface area contributed by atoms with Gasteiger partial charge >= 0.3 is 0 Å². The van der Waals surface area contributed by atoms with Gasteiger partial charge in [-0.05, 0) is 43.0 Å². The van der Waals surface area contributed by atoms with E-state index in [-0.39, 0.29) is 65.4 Å². The molecule has 2 bridgehead atoms. The summed E-state index contributed by atoms with van der Waals surface area (Å²) in [5, 5.41) is 11.1. The first-order valence-electron chi connectivity index (χ1n) is 11.0. The van der Waals surface area contributed by atoms with Gasteiger partial charge in [0.15, 0.2) is 5.96 Å². The van der Waals surface area contributed by atoms with Gasteiger partial charge in [0.25, 0.3) is 5.91 Å². The molecule has 2 aliphatic carbocycles. The number of hydrogen-bond acceptors (Lipinski definition) is 5. The Hall–Kier alpha value is -1.95. The summed E-state index contributed by atoms with van der Waals surface area (Å²) in [5.41, 5.74) is 0. The number of imide groups is 1. The fourth-order valence-corrected chi connectivity index (χ4v) is 5.42. The number of halogens is 1. The van der Waals surface area contributed by atoms with Crippen molar-refractivity contribution in [1.29, 1.82) is 0 Å². The maximum absolute atomic E-state index is 12.7. The van der Waals surface area contributed by atoms with Crippen LogP contribution in [0.1, 0.15) is 29.4 Å². The van der Waals surface area contributed by atoms with E-state index in [0.717, 1.165) is 12.8 Å². The summed E-state index contributed by atoms with van der Waals surface area (Å²) in [7, 11) is 0. The van der Waals surface area contributed by atoms with Crippen LogP contribution in [0.25, 0.3) is 0 Å². The zero-order chi connectivity index (χ0) is 21.8. The van der Waals surface area contributed by atoms with Crippen molar-refractivity contribution in [3.05, 3.63) is 34.5 Å². The number of carbonyl (C=O) groups excluding carboxylic acids is 3. The van der Waals surface area contributed by atoms with Crippen LogP contribution in [0.2, 0.25) is 0 Å². The summed E-state index contributed by atoms with van der Waals surface area (Å²) in [6.07, 6.45) is 5.88. The molecule has 3 N–H and O–H groups in total. The second kappa shape index (κ2) is 11.3. The van der Waals surface area contributed by atoms with E-state index >= 15 is 0 Å². The van der Waals surface area contributed by atoms with E-state index in [1.165, 1.54) is 16.2 Å². The molecule has 174 valence electrons. The summed E-state index contributed by atoms with van der Waals surface area (Å²) in [4.78, 5) is 44.0. The van der Waals surface area contributed by atoms with E-state index in [0.29, 0.717) is 43.6 Å². The lowest BCUT2D eigenvalue weighted by Crippen LogP contribution is -2.43. The van der Waals surface area contributed by atoms with Crippen molar-refractivity contribution in [1.82, 2.24) is 20.9 Å². The number of amides is 3. The van der Waals surface area contributed by atoms with Crippen molar-refractivity contribution in [3.8, 4) is 0 Å². The van der Waals surface area contributed by atoms with Crippen LogP contribution < -0.4 is 16.0 Å². The predicted octanol–water partition coefficient (Wildman–Crippen LogP) is 1.85. The molecule has 2 heterocycles. The number of allylic oxidation sites excluding steroid dienone is 2. The average molecular weight is 571 g/mol. The first-order valence-corrected chi connectivity index (χ1v) is 11.9. The Morgan fingerprint density at radius 1 is 1.12 bits per heavy atom. The van der Waals surface area contributed by atoms with Crippen LogP contribution >= 0.6 is 35.3 Å². The molecule has 10 heteroatoms. The standard InChI is InChI=1S/C22H29N5O3S.HI/c1-2-23-22(25-9-4-8-24-19(28)16-5-3-12-31-16)26-10-11-27-20(29)17-14-6-7-15(13-14)18(17)21(27)30;/h3,5-7,12,14-15,17-18H,2,4,8-11,13H2,1H3,(H,24,28)(H2,23,25,26);1H. The minimum Gasteiger partial charge on any atom is -0.357 e. The lowest BCUT2D eigenvalue weighted by Gasteiger charge is -2.18. The number of likely N-dealkylation sites (tertiary alicyclic amines) is 1. The molecule has 2 fully saturated rings. The van der Waals surface area contributed by atoms with Gasteiger partial charge in [0.2, 0.25) is 11.8 Å². The number of fused-ring (bicyclic) bond motifs is 5. The molecule has 0 spiro atoms. The number of carbonyl (C=O) groups is 3. The molecule has 8 nitrogen and oxygen atoms in total. The van der Waals surface area contributed by atoms with Gasteiger partial charge < -0.3 is 16.0 Å². The molecular formula is C22H30IN5O3S. The van der Waals surface area contributed by atoms with Crippen LogP contribution in [0, 0.1) is 23.7 Å². The molecule has 3 aliphatic rings. The molecule has 4 unspecified atom stereocenters. The SMILES string of the molecule is CCNC(=NCCCNC(=O)c1cccs1)NCCN1C(=O)C2C3C=CC(C3)C2C1=O.I. The number of nitrogens with zero attached hydrogens (tertiary/aromatic N) is 2. The smallest absolute Gasteiger partial charge is 0.261 e. The fourth-order valence-electron chi connectivity index (χ4n) is 4.78. The van der Waals surface area contributed by atoms with Gasteiger partial charge in [-0.15, -0.1) is 35.3 Å². The number of guanidine groups is 1. The van der Waals surface area contributed by atoms with Crippen LogP contribution in [-0.2, 0) is 9.59 Å². The lowest BCUT2D eigenvalue weighted by atomic mass is 9.85. The number of thiophene rings is 1. The molecule has 0 aromatic carbocycles. The van der Waals surface area contributed by atoms with Crippen molar-refractivity contribution < 1.29 is 14.4 Å². The van der Waals surface area contributed by atoms with Crippen LogP contribution in [0.15, 0.2) is 34.7 Å². The molecule has 32 heavy (non-hydrogen) atoms. The van der Waals surface area contributed by atoms with Crippen LogP contribution in [-0.4, -0.2) is 61.3 Å². The Bertz CT molecular complexity index is 858. The summed E-state index contributed by atoms with van der Waals surface area (Å²) in [5.74, 6) is 0.745. The number of nitrogens with one attached hydrogen (secondary N) is 3. The van der Waals surface area contributed by atoms with E-state index < -0.39 is 0 Å². The topological polar surface area (TPSA) is 103 Å². The lowest BCUT2D eigenvalue weighted by molar-refractivity contribution is -0.140. The molecule has 1 aliphatic heterocycles. The van der Waals surface area contributed by atoms with Gasteiger partial charge in [-0.1, -0.05) is 18.2 Å². The van der Waals surface area contributed by atoms with Gasteiger partial charge in [0.05, 0.1) is 16.7 Å². The van der Waals surface area contributed by atoms with Crippen molar-refractivity contribution in [2.45, 2.75) is 19.8 Å². The number of hydrogen-bond donors (Lipinski definition) is 3. The molecule has 0 radical (unpaired) electrons. The van der Waals surface area contributed by atoms with Crippen molar-refractivity contribution in [3.63, 3.8) is 0 Å². The van der Waals surface area contributed by atoms with E-state index in [1.807, 2.05) is 18.4 Å². The Labute approximate surface area is 209 Å². The van der Waals surface area contributed by atoms with Crippen molar-refractivity contribution in [2.75, 3.05) is 32.7 Å². The second-order valence-electron chi connectivity index (χ2n) is 8.10. The quantitative estimate of drug-likeness (QED) is 0.105. The minimum atomic E-state index is -0.145. The fraction of sp³-hybridized carbons (Fsp3) is 0.545. The predicted molar refractivity (Wildman–Crippen MR) is 135 cm³/mol. The van der Waals surface area contributed by atoms with Crippen molar-refractivity contribution >= 4 is 59.0 Å². The molecule has 1 aromatic heterocycles. The highest BCUT2D eigenvalue weighted by Crippen LogP contribution is 2.52. The van der Waals surface area contributed by atoms with E-state index in [2.05, 4.69) is 33.1 Å². The average Bonchev–Trinajstić information content (AvgIpc) is 3.54. The third-order valence-corrected chi connectivity index (χ3v) is 7.04. The van der Waals surface area contributed by atoms with Crippen molar-refractivity contribution in [2.24, 2.45) is 28.7 Å². The molecule has 1 aromatic rings. The zero-order valence-electron chi connectivity index (χ0n) is 18.1. The largest absolute Gasteiger partial charge is 0.357 e. The first kappa shape index (κ1) is 24.7. The number of rotatable bonds is 9. The maximum atomic E-state index is 12.7. The van der Waals surface area contributed by atoms with E-state index in [4.69, 9.17) is 0 Å². The second-order valence-corrected chi connectivity index (χ2v) is 9.05. The summed E-state index contributed by atoms with van der Waals surface area (Å²) >= 11 is 1.42. The van der Waals surface area contributed by atoms with Gasteiger partial charge in [0, 0.05) is 32.7 Å². The first-order chi connectivity index (χ1) is 15.1. The molecule has 4 rings (SSSR count). The highest BCUT2D eigenvalue weighted by atomic mass is 127. The maximum Gasteiger partial charge on any atom is 0.261 e. The Balaban J connectivity index is 0.00000289. The summed E-state index contributed by atoms with van der Waals surface area (Å²) in [6, 6.07) is 3.66. The van der Waals surface area contributed by atoms with Crippen LogP contribution in [0.4, 0.5) is 0 Å². The monoisotopic (exact) mass is 571 g/mol. The third kappa shape index (κ3) is 5.16. The highest BCUT2D eigenvalue weighted by molar-refractivity contribution is 14.0. The van der Waals surface area contributed by atoms with Gasteiger partial charge in [0.1, 0.15) is 0 Å². The Kier molecular flexibility index (Phi) is 8.69. The molecule has 3 amide bonds. The van der Waals surface area contributed by atoms with Gasteiger partial charge in [-0.2, -0.15) is 0 Å². The van der Waals surface area contributed by atoms with Gasteiger partial charge in [-0.3, -0.25) is 24.3 Å². The van der Waals surface area contributed by atoms with Crippen LogP contribution in [0.5, 0.6) is 0 Å². The normalized spacial score (nSPS) is 25.7. The molecule has 4 atom stereocenters. The summed E-state index contributed by atoms with van der Waals surface area (Å²) < 4.78 is 0. The number of aliphatic imine (C=N–C) groups is 1. The van der Waals surface area contributed by atoms with E-state index in [1.54, 1.807) is 6.07 Å². The Morgan fingerprint density at radius 3 is 2.47 bits per heavy atom. The third-order valence-electron chi connectivity index (χ3n) is 6.17. The minimum absolute atomic E-state index is 0. The molecule has 1 saturated heterocycles. The van der Waals surface area contributed by atoms with E-state index in [9.17, 15) is 14.4 Å². The molecule has 1 saturated carbocycles. The Morgan fingerprint density at radius 2 is 1.84 bits per heavy atom. The zero-order valence-corrected chi connectivity index (χ0v) is 21.2. The summed E-state index contributed by atoms with van der Waals surface area (Å²) in [6.45, 7) is 4.61.